The van der Waals surface area contributed by atoms with Crippen LogP contribution in [0.1, 0.15) is 5.56 Å². The van der Waals surface area contributed by atoms with Gasteiger partial charge in [0.15, 0.2) is 5.75 Å². The zero-order chi connectivity index (χ0) is 10.7. The Morgan fingerprint density at radius 2 is 2.14 bits per heavy atom. The highest BCUT2D eigenvalue weighted by atomic mass is 16.6. The summed E-state index contributed by atoms with van der Waals surface area (Å²) in [6, 6.07) is 3.77. The van der Waals surface area contributed by atoms with Crippen molar-refractivity contribution in [3.05, 3.63) is 33.9 Å². The molecule has 0 atom stereocenters. The average Bonchev–Trinajstić information content (AvgIpc) is 2.07. The van der Waals surface area contributed by atoms with Gasteiger partial charge >= 0.3 is 11.7 Å². The SMILES string of the molecule is O=C(O)Cc1cccc([N+](=O)[O-])c1O. The predicted molar refractivity (Wildman–Crippen MR) is 46.1 cm³/mol. The number of rotatable bonds is 3. The van der Waals surface area contributed by atoms with Crippen molar-refractivity contribution in [2.24, 2.45) is 0 Å². The molecule has 0 aliphatic heterocycles. The van der Waals surface area contributed by atoms with Crippen LogP contribution >= 0.6 is 0 Å². The molecule has 74 valence electrons. The molecule has 0 saturated heterocycles. The van der Waals surface area contributed by atoms with Gasteiger partial charge in [0.05, 0.1) is 11.3 Å². The third kappa shape index (κ3) is 1.98. The van der Waals surface area contributed by atoms with Gasteiger partial charge in [0, 0.05) is 11.6 Å². The monoisotopic (exact) mass is 197 g/mol. The van der Waals surface area contributed by atoms with E-state index in [0.29, 0.717) is 0 Å². The quantitative estimate of drug-likeness (QED) is 0.554. The Labute approximate surface area is 78.6 Å². The Hall–Kier alpha value is -2.11. The van der Waals surface area contributed by atoms with Crippen LogP contribution in [-0.4, -0.2) is 21.1 Å². The summed E-state index contributed by atoms with van der Waals surface area (Å²) < 4.78 is 0. The molecule has 0 aliphatic rings. The summed E-state index contributed by atoms with van der Waals surface area (Å²) in [7, 11) is 0. The van der Waals surface area contributed by atoms with Crippen molar-refractivity contribution in [3.63, 3.8) is 0 Å². The molecule has 2 N–H and O–H groups in total. The van der Waals surface area contributed by atoms with Crippen LogP contribution in [0.5, 0.6) is 5.75 Å². The van der Waals surface area contributed by atoms with E-state index in [-0.39, 0.29) is 5.56 Å². The number of para-hydroxylation sites is 1. The number of phenols is 1. The molecular weight excluding hydrogens is 190 g/mol. The van der Waals surface area contributed by atoms with Gasteiger partial charge in [0.25, 0.3) is 0 Å². The van der Waals surface area contributed by atoms with Crippen molar-refractivity contribution in [3.8, 4) is 5.75 Å². The molecule has 1 aromatic rings. The van der Waals surface area contributed by atoms with Crippen molar-refractivity contribution in [1.29, 1.82) is 0 Å². The summed E-state index contributed by atoms with van der Waals surface area (Å²) in [6.07, 6.45) is -0.437. The van der Waals surface area contributed by atoms with Crippen molar-refractivity contribution >= 4 is 11.7 Å². The number of hydrogen-bond donors (Lipinski definition) is 2. The number of phenolic OH excluding ortho intramolecular Hbond substituents is 1. The lowest BCUT2D eigenvalue weighted by atomic mass is 10.1. The fourth-order valence-electron chi connectivity index (χ4n) is 1.03. The Morgan fingerprint density at radius 1 is 1.50 bits per heavy atom. The zero-order valence-corrected chi connectivity index (χ0v) is 7.01. The van der Waals surface area contributed by atoms with E-state index in [9.17, 15) is 20.0 Å². The molecule has 0 fully saturated rings. The van der Waals surface area contributed by atoms with Crippen LogP contribution < -0.4 is 0 Å². The summed E-state index contributed by atoms with van der Waals surface area (Å²) in [4.78, 5) is 19.9. The number of aliphatic carboxylic acids is 1. The summed E-state index contributed by atoms with van der Waals surface area (Å²) in [6.45, 7) is 0. The second-order valence-corrected chi connectivity index (χ2v) is 2.61. The standard InChI is InChI=1S/C8H7NO5/c10-7(11)4-5-2-1-3-6(8(5)12)9(13)14/h1-3,12H,4H2,(H,10,11). The third-order valence-corrected chi connectivity index (χ3v) is 1.64. The number of aromatic hydroxyl groups is 1. The molecule has 0 heterocycles. The molecule has 14 heavy (non-hydrogen) atoms. The van der Waals surface area contributed by atoms with E-state index in [1.165, 1.54) is 12.1 Å². The molecular formula is C8H7NO5. The summed E-state index contributed by atoms with van der Waals surface area (Å²) in [5.41, 5.74) is -0.449. The Balaban J connectivity index is 3.13. The van der Waals surface area contributed by atoms with E-state index in [1.54, 1.807) is 0 Å². The highest BCUT2D eigenvalue weighted by Gasteiger charge is 2.17. The van der Waals surface area contributed by atoms with E-state index < -0.39 is 28.8 Å². The van der Waals surface area contributed by atoms with Crippen molar-refractivity contribution < 1.29 is 19.9 Å². The van der Waals surface area contributed by atoms with E-state index >= 15 is 0 Å². The first-order valence-electron chi connectivity index (χ1n) is 3.69. The normalized spacial score (nSPS) is 9.71. The molecule has 0 spiro atoms. The van der Waals surface area contributed by atoms with Gasteiger partial charge in [-0.1, -0.05) is 12.1 Å². The van der Waals surface area contributed by atoms with Crippen molar-refractivity contribution in [1.82, 2.24) is 0 Å². The fourth-order valence-corrected chi connectivity index (χ4v) is 1.03. The van der Waals surface area contributed by atoms with Crippen LogP contribution in [0.4, 0.5) is 5.69 Å². The predicted octanol–water partition coefficient (Wildman–Crippen LogP) is 0.927. The van der Waals surface area contributed by atoms with Crippen LogP contribution in [0.2, 0.25) is 0 Å². The maximum Gasteiger partial charge on any atom is 0.311 e. The number of nitro benzene ring substituents is 1. The van der Waals surface area contributed by atoms with Crippen LogP contribution in [-0.2, 0) is 11.2 Å². The average molecular weight is 197 g/mol. The number of nitro groups is 1. The minimum absolute atomic E-state index is 0.0340. The lowest BCUT2D eigenvalue weighted by Gasteiger charge is -2.01. The molecule has 0 amide bonds. The van der Waals surface area contributed by atoms with E-state index in [0.717, 1.165) is 6.07 Å². The molecule has 6 heteroatoms. The Bertz CT molecular complexity index is 387. The summed E-state index contributed by atoms with van der Waals surface area (Å²) >= 11 is 0. The van der Waals surface area contributed by atoms with Gasteiger partial charge in [0.2, 0.25) is 0 Å². The first-order chi connectivity index (χ1) is 6.52. The number of benzene rings is 1. The maximum absolute atomic E-state index is 10.4. The minimum atomic E-state index is -1.15. The van der Waals surface area contributed by atoms with Crippen LogP contribution in [0, 0.1) is 10.1 Å². The fraction of sp³-hybridized carbons (Fsp3) is 0.125. The van der Waals surface area contributed by atoms with E-state index in [4.69, 9.17) is 5.11 Å². The molecule has 0 radical (unpaired) electrons. The van der Waals surface area contributed by atoms with Gasteiger partial charge in [0.1, 0.15) is 0 Å². The number of carboxylic acids is 1. The van der Waals surface area contributed by atoms with Crippen LogP contribution in [0.15, 0.2) is 18.2 Å². The van der Waals surface area contributed by atoms with Gasteiger partial charge in [-0.3, -0.25) is 14.9 Å². The molecule has 0 aromatic heterocycles. The largest absolute Gasteiger partial charge is 0.502 e. The van der Waals surface area contributed by atoms with Gasteiger partial charge < -0.3 is 10.2 Å². The highest BCUT2D eigenvalue weighted by Crippen LogP contribution is 2.29. The second-order valence-electron chi connectivity index (χ2n) is 2.61. The van der Waals surface area contributed by atoms with Gasteiger partial charge in [-0.15, -0.1) is 0 Å². The van der Waals surface area contributed by atoms with E-state index in [2.05, 4.69) is 0 Å². The highest BCUT2D eigenvalue weighted by molar-refractivity contribution is 5.72. The van der Waals surface area contributed by atoms with Gasteiger partial charge in [-0.25, -0.2) is 0 Å². The van der Waals surface area contributed by atoms with E-state index in [1.807, 2.05) is 0 Å². The Kier molecular flexibility index (Phi) is 2.66. The zero-order valence-electron chi connectivity index (χ0n) is 7.01. The van der Waals surface area contributed by atoms with Gasteiger partial charge in [-0.2, -0.15) is 0 Å². The van der Waals surface area contributed by atoms with Crippen molar-refractivity contribution in [2.75, 3.05) is 0 Å². The van der Waals surface area contributed by atoms with Gasteiger partial charge in [-0.05, 0) is 0 Å². The molecule has 6 nitrogen and oxygen atoms in total. The number of hydrogen-bond acceptors (Lipinski definition) is 4. The topological polar surface area (TPSA) is 101 Å². The van der Waals surface area contributed by atoms with Crippen LogP contribution in [0.3, 0.4) is 0 Å². The molecule has 1 rings (SSSR count). The number of carboxylic acid groups (broad SMARTS) is 1. The molecule has 0 aliphatic carbocycles. The number of carbonyl (C=O) groups is 1. The van der Waals surface area contributed by atoms with Crippen LogP contribution in [0.25, 0.3) is 0 Å². The third-order valence-electron chi connectivity index (χ3n) is 1.64. The summed E-state index contributed by atoms with van der Waals surface area (Å²) in [5, 5.41) is 28.1. The molecule has 0 bridgehead atoms. The maximum atomic E-state index is 10.4. The second kappa shape index (κ2) is 3.73. The number of nitrogens with zero attached hydrogens (tertiary/aromatic N) is 1. The first kappa shape index (κ1) is 9.97. The molecule has 1 aromatic carbocycles. The lowest BCUT2D eigenvalue weighted by Crippen LogP contribution is -2.01. The van der Waals surface area contributed by atoms with Crippen molar-refractivity contribution in [2.45, 2.75) is 6.42 Å². The molecule has 0 unspecified atom stereocenters. The molecule has 0 saturated carbocycles. The minimum Gasteiger partial charge on any atom is -0.502 e. The lowest BCUT2D eigenvalue weighted by molar-refractivity contribution is -0.385. The Morgan fingerprint density at radius 3 is 2.64 bits per heavy atom. The smallest absolute Gasteiger partial charge is 0.311 e. The summed E-state index contributed by atoms with van der Waals surface area (Å²) in [5.74, 6) is -1.74. The first-order valence-corrected chi connectivity index (χ1v) is 3.69.